The molecule has 0 radical (unpaired) electrons. The Kier molecular flexibility index (Phi) is 4.85. The molecule has 1 saturated heterocycles. The first-order valence-corrected chi connectivity index (χ1v) is 8.24. The highest BCUT2D eigenvalue weighted by molar-refractivity contribution is 6.07. The van der Waals surface area contributed by atoms with Crippen molar-refractivity contribution in [2.75, 3.05) is 13.7 Å². The normalized spacial score (nSPS) is 21.9. The summed E-state index contributed by atoms with van der Waals surface area (Å²) in [5.41, 5.74) is -0.955. The lowest BCUT2D eigenvalue weighted by Crippen LogP contribution is -2.51. The highest BCUT2D eigenvalue weighted by Crippen LogP contribution is 2.33. The summed E-state index contributed by atoms with van der Waals surface area (Å²) in [5.74, 6) is -0.883. The van der Waals surface area contributed by atoms with Crippen LogP contribution in [0.5, 0.6) is 0 Å². The van der Waals surface area contributed by atoms with E-state index in [1.54, 1.807) is 0 Å². The van der Waals surface area contributed by atoms with Gasteiger partial charge in [-0.25, -0.2) is 4.79 Å². The summed E-state index contributed by atoms with van der Waals surface area (Å²) in [6.45, 7) is 0.197. The maximum atomic E-state index is 12.8. The molecule has 4 amide bonds. The Hall–Kier alpha value is -2.62. The first-order valence-electron chi connectivity index (χ1n) is 8.24. The van der Waals surface area contributed by atoms with Gasteiger partial charge in [-0.15, -0.1) is 0 Å². The van der Waals surface area contributed by atoms with Crippen molar-refractivity contribution in [3.63, 3.8) is 0 Å². The van der Waals surface area contributed by atoms with Crippen LogP contribution in [-0.2, 0) is 33.6 Å². The van der Waals surface area contributed by atoms with Crippen LogP contribution in [0.3, 0.4) is 0 Å². The topological polar surface area (TPSA) is 87.7 Å². The van der Waals surface area contributed by atoms with Crippen LogP contribution < -0.4 is 10.6 Å². The van der Waals surface area contributed by atoms with Crippen LogP contribution in [0.2, 0.25) is 0 Å². The number of amides is 4. The van der Waals surface area contributed by atoms with Gasteiger partial charge in [0, 0.05) is 26.6 Å². The molecule has 0 bridgehead atoms. The number of fused-ring (bicyclic) bond motifs is 1. The predicted octanol–water partition coefficient (Wildman–Crippen LogP) is 1.55. The second kappa shape index (κ2) is 6.84. The summed E-state index contributed by atoms with van der Waals surface area (Å²) in [6, 6.07) is 2.78. The third kappa shape index (κ3) is 3.75. The Morgan fingerprint density at radius 2 is 1.96 bits per heavy atom. The fourth-order valence-corrected chi connectivity index (χ4v) is 3.35. The number of halogens is 3. The molecule has 27 heavy (non-hydrogen) atoms. The van der Waals surface area contributed by atoms with Crippen molar-refractivity contribution in [2.24, 2.45) is 0 Å². The van der Waals surface area contributed by atoms with Crippen LogP contribution in [0.15, 0.2) is 18.2 Å². The minimum absolute atomic E-state index is 0.0257. The average molecular weight is 385 g/mol. The molecule has 0 spiro atoms. The van der Waals surface area contributed by atoms with Gasteiger partial charge >= 0.3 is 12.2 Å². The number of nitrogens with one attached hydrogen (secondary N) is 2. The molecule has 0 unspecified atom stereocenters. The summed E-state index contributed by atoms with van der Waals surface area (Å²) in [7, 11) is 1.37. The number of hydrogen-bond acceptors (Lipinski definition) is 4. The number of rotatable bonds is 5. The Balaban J connectivity index is 1.65. The minimum Gasteiger partial charge on any atom is -0.382 e. The number of hydrogen-bond donors (Lipinski definition) is 2. The van der Waals surface area contributed by atoms with Crippen molar-refractivity contribution in [3.05, 3.63) is 34.9 Å². The molecule has 2 N–H and O–H groups in total. The van der Waals surface area contributed by atoms with Crippen molar-refractivity contribution < 1.29 is 32.3 Å². The number of carbonyl (C=O) groups excluding carboxylic acids is 3. The summed E-state index contributed by atoms with van der Waals surface area (Å²) < 4.78 is 43.5. The molecule has 146 valence electrons. The van der Waals surface area contributed by atoms with Gasteiger partial charge in [-0.2, -0.15) is 13.2 Å². The van der Waals surface area contributed by atoms with Crippen molar-refractivity contribution in [1.82, 2.24) is 15.5 Å². The Morgan fingerprint density at radius 1 is 1.26 bits per heavy atom. The van der Waals surface area contributed by atoms with E-state index < -0.39 is 29.2 Å². The molecule has 1 atom stereocenters. The summed E-state index contributed by atoms with van der Waals surface area (Å²) in [4.78, 5) is 37.4. The molecule has 1 fully saturated rings. The van der Waals surface area contributed by atoms with Crippen molar-refractivity contribution in [2.45, 2.75) is 37.6 Å². The first-order chi connectivity index (χ1) is 12.6. The van der Waals surface area contributed by atoms with Crippen molar-refractivity contribution in [1.29, 1.82) is 0 Å². The third-order valence-electron chi connectivity index (χ3n) is 4.78. The van der Waals surface area contributed by atoms with Crippen LogP contribution in [-0.4, -0.2) is 42.0 Å². The third-order valence-corrected chi connectivity index (χ3v) is 4.78. The molecule has 2 aliphatic heterocycles. The van der Waals surface area contributed by atoms with Crippen LogP contribution in [0.1, 0.15) is 29.5 Å². The second-order valence-electron chi connectivity index (χ2n) is 6.65. The van der Waals surface area contributed by atoms with E-state index in [1.165, 1.54) is 18.1 Å². The first kappa shape index (κ1) is 19.2. The molecule has 0 saturated carbocycles. The molecule has 1 aromatic rings. The molecule has 10 heteroatoms. The summed E-state index contributed by atoms with van der Waals surface area (Å²) in [6.07, 6.45) is -4.47. The van der Waals surface area contributed by atoms with Gasteiger partial charge in [0.25, 0.3) is 5.91 Å². The number of benzene rings is 1. The number of urea groups is 1. The fraction of sp³-hybridized carbons (Fsp3) is 0.471. The molecule has 0 aliphatic carbocycles. The van der Waals surface area contributed by atoms with Gasteiger partial charge in [0.05, 0.1) is 12.2 Å². The van der Waals surface area contributed by atoms with Crippen molar-refractivity contribution in [3.8, 4) is 0 Å². The molecule has 2 heterocycles. The Morgan fingerprint density at radius 3 is 2.56 bits per heavy atom. The molecule has 3 rings (SSSR count). The molecule has 0 aromatic heterocycles. The van der Waals surface area contributed by atoms with E-state index in [1.807, 2.05) is 0 Å². The molecule has 1 aromatic carbocycles. The number of ether oxygens (including phenoxy) is 1. The van der Waals surface area contributed by atoms with E-state index in [9.17, 15) is 27.6 Å². The maximum absolute atomic E-state index is 12.8. The van der Waals surface area contributed by atoms with Crippen LogP contribution in [0.25, 0.3) is 0 Å². The monoisotopic (exact) mass is 385 g/mol. The lowest BCUT2D eigenvalue weighted by Gasteiger charge is -2.25. The summed E-state index contributed by atoms with van der Waals surface area (Å²) >= 11 is 0. The SMILES string of the molecule is COC[C@@]1(CCC(=O)N2Cc3ccc(C(F)(F)F)cc3C2)NC(=O)NC1=O. The molecule has 7 nitrogen and oxygen atoms in total. The quantitative estimate of drug-likeness (QED) is 0.753. The number of methoxy groups -OCH3 is 1. The number of nitrogens with zero attached hydrogens (tertiary/aromatic N) is 1. The highest BCUT2D eigenvalue weighted by Gasteiger charge is 2.46. The zero-order valence-electron chi connectivity index (χ0n) is 14.5. The molecular weight excluding hydrogens is 367 g/mol. The van der Waals surface area contributed by atoms with Gasteiger partial charge in [0.15, 0.2) is 0 Å². The van der Waals surface area contributed by atoms with Gasteiger partial charge in [0.2, 0.25) is 5.91 Å². The van der Waals surface area contributed by atoms with Gasteiger partial charge in [-0.1, -0.05) is 6.07 Å². The lowest BCUT2D eigenvalue weighted by atomic mass is 9.94. The largest absolute Gasteiger partial charge is 0.416 e. The Bertz CT molecular complexity index is 796. The van der Waals surface area contributed by atoms with E-state index >= 15 is 0 Å². The van der Waals surface area contributed by atoms with Crippen LogP contribution in [0.4, 0.5) is 18.0 Å². The minimum atomic E-state index is -4.44. The van der Waals surface area contributed by atoms with Gasteiger partial charge in [-0.05, 0) is 29.7 Å². The van der Waals surface area contributed by atoms with E-state index in [0.29, 0.717) is 11.1 Å². The standard InChI is InChI=1S/C17H18F3N3O4/c1-27-9-16(14(25)21-15(26)22-16)5-4-13(24)23-7-10-2-3-12(17(18,19)20)6-11(10)8-23/h2-3,6H,4-5,7-9H2,1H3,(H2,21,22,25,26)/t16-/m1/s1. The lowest BCUT2D eigenvalue weighted by molar-refractivity contribution is -0.137. The fourth-order valence-electron chi connectivity index (χ4n) is 3.35. The zero-order valence-corrected chi connectivity index (χ0v) is 14.5. The number of carbonyl (C=O) groups is 3. The van der Waals surface area contributed by atoms with Gasteiger partial charge < -0.3 is 15.0 Å². The maximum Gasteiger partial charge on any atom is 0.416 e. The van der Waals surface area contributed by atoms with Crippen LogP contribution in [0, 0.1) is 0 Å². The van der Waals surface area contributed by atoms with Crippen LogP contribution >= 0.6 is 0 Å². The van der Waals surface area contributed by atoms with Gasteiger partial charge in [0.1, 0.15) is 5.54 Å². The average Bonchev–Trinajstić information content (AvgIpc) is 3.12. The number of alkyl halides is 3. The zero-order chi connectivity index (χ0) is 19.8. The van der Waals surface area contributed by atoms with E-state index in [0.717, 1.165) is 12.1 Å². The summed E-state index contributed by atoms with van der Waals surface area (Å²) in [5, 5.41) is 4.60. The Labute approximate surface area is 152 Å². The van der Waals surface area contributed by atoms with Crippen molar-refractivity contribution >= 4 is 17.8 Å². The van der Waals surface area contributed by atoms with E-state index in [2.05, 4.69) is 10.6 Å². The highest BCUT2D eigenvalue weighted by atomic mass is 19.4. The van der Waals surface area contributed by atoms with Gasteiger partial charge in [-0.3, -0.25) is 14.9 Å². The predicted molar refractivity (Wildman–Crippen MR) is 86.2 cm³/mol. The smallest absolute Gasteiger partial charge is 0.382 e. The molecule has 2 aliphatic rings. The number of imide groups is 1. The molecular formula is C17H18F3N3O4. The second-order valence-corrected chi connectivity index (χ2v) is 6.65. The van der Waals surface area contributed by atoms with E-state index in [-0.39, 0.29) is 38.4 Å². The van der Waals surface area contributed by atoms with E-state index in [4.69, 9.17) is 4.74 Å².